The van der Waals surface area contributed by atoms with Gasteiger partial charge in [-0.2, -0.15) is 0 Å². The molecule has 0 amide bonds. The summed E-state index contributed by atoms with van der Waals surface area (Å²) in [6, 6.07) is 0.598. The van der Waals surface area contributed by atoms with Crippen molar-refractivity contribution in [3.05, 3.63) is 34.1 Å². The lowest BCUT2D eigenvalue weighted by Gasteiger charge is -2.36. The molecule has 0 unspecified atom stereocenters. The summed E-state index contributed by atoms with van der Waals surface area (Å²) in [6.45, 7) is 0. The van der Waals surface area contributed by atoms with E-state index in [-0.39, 0.29) is 29.8 Å². The predicted molar refractivity (Wildman–Crippen MR) is 99.2 cm³/mol. The summed E-state index contributed by atoms with van der Waals surface area (Å²) in [7, 11) is 1.35. The van der Waals surface area contributed by atoms with Crippen LogP contribution < -0.4 is 11.0 Å². The molecule has 3 heterocycles. The summed E-state index contributed by atoms with van der Waals surface area (Å²) in [6.07, 6.45) is 8.43. The average Bonchev–Trinajstić information content (AvgIpc) is 3.29. The second-order valence-electron chi connectivity index (χ2n) is 6.97. The van der Waals surface area contributed by atoms with E-state index in [0.717, 1.165) is 31.2 Å². The molecule has 10 heteroatoms. The van der Waals surface area contributed by atoms with Crippen LogP contribution in [0, 0.1) is 0 Å². The zero-order valence-corrected chi connectivity index (χ0v) is 15.5. The molecule has 0 spiro atoms. The first kappa shape index (κ1) is 16.4. The molecule has 3 aromatic heterocycles. The Morgan fingerprint density at radius 1 is 1.22 bits per heavy atom. The molecule has 1 N–H and O–H groups in total. The van der Waals surface area contributed by atoms with Gasteiger partial charge in [0.05, 0.1) is 19.5 Å². The van der Waals surface area contributed by atoms with E-state index in [4.69, 9.17) is 4.74 Å². The van der Waals surface area contributed by atoms with E-state index in [1.807, 2.05) is 9.13 Å². The molecule has 27 heavy (non-hydrogen) atoms. The molecular formula is C17H18N6O3S. The van der Waals surface area contributed by atoms with Gasteiger partial charge in [-0.1, -0.05) is 11.3 Å². The Balaban J connectivity index is 1.34. The number of carbonyl (C=O) groups excluding carboxylic acids is 1. The molecule has 5 rings (SSSR count). The van der Waals surface area contributed by atoms with Crippen molar-refractivity contribution >= 4 is 33.6 Å². The molecule has 9 nitrogen and oxygen atoms in total. The van der Waals surface area contributed by atoms with Gasteiger partial charge in [0.25, 0.3) is 0 Å². The van der Waals surface area contributed by atoms with Gasteiger partial charge in [0.15, 0.2) is 10.8 Å². The smallest absolute Gasteiger partial charge is 0.349 e. The molecule has 0 aliphatic heterocycles. The SMILES string of the molecule is COC(=O)c1cnc(NC2CC(n3c(=O)n(C4CC4)c4cncnc43)C2)s1. The highest BCUT2D eigenvalue weighted by molar-refractivity contribution is 7.17. The highest BCUT2D eigenvalue weighted by atomic mass is 32.1. The minimum absolute atomic E-state index is 0.0127. The van der Waals surface area contributed by atoms with Crippen LogP contribution in [0.1, 0.15) is 47.4 Å². The van der Waals surface area contributed by atoms with Crippen molar-refractivity contribution in [2.24, 2.45) is 0 Å². The Morgan fingerprint density at radius 3 is 2.78 bits per heavy atom. The first-order chi connectivity index (χ1) is 13.2. The number of thiazole rings is 1. The van der Waals surface area contributed by atoms with Gasteiger partial charge in [0.2, 0.25) is 0 Å². The predicted octanol–water partition coefficient (Wildman–Crippen LogP) is 1.99. The number of esters is 1. The van der Waals surface area contributed by atoms with Gasteiger partial charge in [-0.3, -0.25) is 9.13 Å². The molecule has 2 aliphatic rings. The number of anilines is 1. The number of aromatic nitrogens is 5. The van der Waals surface area contributed by atoms with Crippen molar-refractivity contribution in [3.63, 3.8) is 0 Å². The van der Waals surface area contributed by atoms with Gasteiger partial charge in [0, 0.05) is 18.1 Å². The average molecular weight is 386 g/mol. The second kappa shape index (κ2) is 6.15. The van der Waals surface area contributed by atoms with Crippen molar-refractivity contribution < 1.29 is 9.53 Å². The van der Waals surface area contributed by atoms with Crippen LogP contribution in [0.2, 0.25) is 0 Å². The van der Waals surface area contributed by atoms with Crippen LogP contribution in [0.15, 0.2) is 23.5 Å². The van der Waals surface area contributed by atoms with Crippen molar-refractivity contribution in [1.29, 1.82) is 0 Å². The molecule has 0 saturated heterocycles. The van der Waals surface area contributed by atoms with Crippen LogP contribution >= 0.6 is 11.3 Å². The van der Waals surface area contributed by atoms with E-state index in [0.29, 0.717) is 15.7 Å². The molecular weight excluding hydrogens is 368 g/mol. The summed E-state index contributed by atoms with van der Waals surface area (Å²) < 4.78 is 8.36. The quantitative estimate of drug-likeness (QED) is 0.669. The van der Waals surface area contributed by atoms with Crippen LogP contribution in [0.3, 0.4) is 0 Å². The number of ether oxygens (including phenoxy) is 1. The number of carbonyl (C=O) groups is 1. The number of hydrogen-bond acceptors (Lipinski definition) is 8. The van der Waals surface area contributed by atoms with E-state index >= 15 is 0 Å². The lowest BCUT2D eigenvalue weighted by molar-refractivity contribution is 0.0606. The summed E-state index contributed by atoms with van der Waals surface area (Å²) in [5, 5.41) is 4.02. The zero-order valence-electron chi connectivity index (χ0n) is 14.7. The summed E-state index contributed by atoms with van der Waals surface area (Å²) in [4.78, 5) is 37.6. The standard InChI is InChI=1S/C17H18N6O3S/c1-26-15(24)13-7-19-16(27-13)21-9-4-11(5-9)23-14-12(6-18-8-20-14)22(17(23)25)10-2-3-10/h6-11H,2-5H2,1H3,(H,19,21). The van der Waals surface area contributed by atoms with Crippen LogP contribution in [-0.2, 0) is 4.74 Å². The van der Waals surface area contributed by atoms with E-state index in [9.17, 15) is 9.59 Å². The minimum Gasteiger partial charge on any atom is -0.465 e. The molecule has 3 aromatic rings. The maximum absolute atomic E-state index is 13.0. The largest absolute Gasteiger partial charge is 0.465 e. The number of hydrogen-bond donors (Lipinski definition) is 1. The summed E-state index contributed by atoms with van der Waals surface area (Å²) >= 11 is 1.27. The highest BCUT2D eigenvalue weighted by Gasteiger charge is 2.37. The van der Waals surface area contributed by atoms with E-state index in [1.165, 1.54) is 31.0 Å². The first-order valence-corrected chi connectivity index (χ1v) is 9.70. The Morgan fingerprint density at radius 2 is 2.04 bits per heavy atom. The fourth-order valence-electron chi connectivity index (χ4n) is 3.62. The molecule has 140 valence electrons. The number of fused-ring (bicyclic) bond motifs is 1. The van der Waals surface area contributed by atoms with Gasteiger partial charge >= 0.3 is 11.7 Å². The van der Waals surface area contributed by atoms with Gasteiger partial charge in [0.1, 0.15) is 16.7 Å². The maximum atomic E-state index is 13.0. The van der Waals surface area contributed by atoms with Crippen molar-refractivity contribution in [2.45, 2.75) is 43.8 Å². The van der Waals surface area contributed by atoms with Crippen molar-refractivity contribution in [3.8, 4) is 0 Å². The van der Waals surface area contributed by atoms with Gasteiger partial charge in [-0.25, -0.2) is 24.5 Å². The van der Waals surface area contributed by atoms with Gasteiger partial charge in [-0.05, 0) is 25.7 Å². The number of nitrogens with zero attached hydrogens (tertiary/aromatic N) is 5. The Hall–Kier alpha value is -2.75. The lowest BCUT2D eigenvalue weighted by atomic mass is 9.86. The number of rotatable bonds is 5. The molecule has 2 saturated carbocycles. The number of nitrogens with one attached hydrogen (secondary N) is 1. The minimum atomic E-state index is -0.383. The van der Waals surface area contributed by atoms with E-state index in [2.05, 4.69) is 20.3 Å². The van der Waals surface area contributed by atoms with Crippen molar-refractivity contribution in [2.75, 3.05) is 12.4 Å². The van der Waals surface area contributed by atoms with Gasteiger partial charge < -0.3 is 10.1 Å². The Labute approximate surface area is 158 Å². The van der Waals surface area contributed by atoms with Crippen LogP contribution in [0.5, 0.6) is 0 Å². The monoisotopic (exact) mass is 386 g/mol. The Bertz CT molecular complexity index is 1080. The van der Waals surface area contributed by atoms with E-state index in [1.54, 1.807) is 6.20 Å². The van der Waals surface area contributed by atoms with Crippen molar-refractivity contribution in [1.82, 2.24) is 24.1 Å². The topological polar surface area (TPSA) is 104 Å². The zero-order chi connectivity index (χ0) is 18.5. The van der Waals surface area contributed by atoms with Crippen LogP contribution in [0.25, 0.3) is 11.2 Å². The second-order valence-corrected chi connectivity index (χ2v) is 8.00. The number of methoxy groups -OCH3 is 1. The molecule has 0 aromatic carbocycles. The first-order valence-electron chi connectivity index (χ1n) is 8.89. The number of imidazole rings is 1. The molecule has 0 bridgehead atoms. The molecule has 0 atom stereocenters. The van der Waals surface area contributed by atoms with Crippen LogP contribution in [0.4, 0.5) is 5.13 Å². The molecule has 0 radical (unpaired) electrons. The third kappa shape index (κ3) is 2.71. The third-order valence-electron chi connectivity index (χ3n) is 5.18. The van der Waals surface area contributed by atoms with E-state index < -0.39 is 0 Å². The maximum Gasteiger partial charge on any atom is 0.349 e. The van der Waals surface area contributed by atoms with Crippen LogP contribution in [-0.4, -0.2) is 43.2 Å². The summed E-state index contributed by atoms with van der Waals surface area (Å²) in [5.41, 5.74) is 1.55. The highest BCUT2D eigenvalue weighted by Crippen LogP contribution is 2.39. The summed E-state index contributed by atoms with van der Waals surface area (Å²) in [5.74, 6) is -0.383. The fourth-order valence-corrected chi connectivity index (χ4v) is 4.43. The molecule has 2 aliphatic carbocycles. The fraction of sp³-hybridized carbons (Fsp3) is 0.471. The lowest BCUT2D eigenvalue weighted by Crippen LogP contribution is -2.41. The molecule has 2 fully saturated rings. The normalized spacial score (nSPS) is 21.8. The Kier molecular flexibility index (Phi) is 3.74. The third-order valence-corrected chi connectivity index (χ3v) is 6.09. The van der Waals surface area contributed by atoms with Gasteiger partial charge in [-0.15, -0.1) is 0 Å².